The second-order valence-corrected chi connectivity index (χ2v) is 3.49. The van der Waals surface area contributed by atoms with Crippen molar-refractivity contribution in [2.75, 3.05) is 6.54 Å². The van der Waals surface area contributed by atoms with E-state index in [1.165, 1.54) is 32.1 Å². The van der Waals surface area contributed by atoms with Crippen LogP contribution in [-0.2, 0) is 0 Å². The van der Waals surface area contributed by atoms with Crippen molar-refractivity contribution in [3.05, 3.63) is 12.2 Å². The highest BCUT2D eigenvalue weighted by Crippen LogP contribution is 2.10. The minimum atomic E-state index is 0.757. The van der Waals surface area contributed by atoms with E-state index >= 15 is 0 Å². The summed E-state index contributed by atoms with van der Waals surface area (Å²) in [5.41, 5.74) is 5.41. The van der Waals surface area contributed by atoms with E-state index in [0.29, 0.717) is 0 Å². The Labute approximate surface area is 77.0 Å². The molecule has 0 aromatic heterocycles. The van der Waals surface area contributed by atoms with Gasteiger partial charge >= 0.3 is 0 Å². The number of unbranched alkanes of at least 4 members (excludes halogenated alkanes) is 3. The standard InChI is InChI=1S/C11H23N/c1-3-8-11(2)9-6-4-5-7-10-12/h3,8,11H,4-7,9-10,12H2,1-2H3/b8-3+. The molecule has 1 nitrogen and oxygen atoms in total. The molecule has 12 heavy (non-hydrogen) atoms. The first-order chi connectivity index (χ1) is 5.81. The van der Waals surface area contributed by atoms with E-state index in [-0.39, 0.29) is 0 Å². The van der Waals surface area contributed by atoms with Crippen molar-refractivity contribution in [2.24, 2.45) is 11.7 Å². The molecular weight excluding hydrogens is 146 g/mol. The van der Waals surface area contributed by atoms with Gasteiger partial charge in [-0.2, -0.15) is 0 Å². The third-order valence-corrected chi connectivity index (χ3v) is 2.13. The van der Waals surface area contributed by atoms with Gasteiger partial charge < -0.3 is 5.73 Å². The summed E-state index contributed by atoms with van der Waals surface area (Å²) < 4.78 is 0. The number of hydrogen-bond acceptors (Lipinski definition) is 1. The van der Waals surface area contributed by atoms with Gasteiger partial charge in [0.15, 0.2) is 0 Å². The van der Waals surface area contributed by atoms with Gasteiger partial charge in [0.25, 0.3) is 0 Å². The number of hydrogen-bond donors (Lipinski definition) is 1. The van der Waals surface area contributed by atoms with Gasteiger partial charge in [0.2, 0.25) is 0 Å². The van der Waals surface area contributed by atoms with Crippen LogP contribution in [0, 0.1) is 5.92 Å². The zero-order valence-electron chi connectivity index (χ0n) is 8.55. The third kappa shape index (κ3) is 7.80. The Bertz CT molecular complexity index is 108. The molecule has 0 aliphatic heterocycles. The fraction of sp³-hybridized carbons (Fsp3) is 0.818. The smallest absolute Gasteiger partial charge is 0.00773 e. The Morgan fingerprint density at radius 1 is 1.17 bits per heavy atom. The second kappa shape index (κ2) is 8.79. The Balaban J connectivity index is 3.08. The number of nitrogens with two attached hydrogens (primary N) is 1. The van der Waals surface area contributed by atoms with E-state index in [4.69, 9.17) is 5.73 Å². The van der Waals surface area contributed by atoms with Gasteiger partial charge in [0.1, 0.15) is 0 Å². The Morgan fingerprint density at radius 2 is 1.83 bits per heavy atom. The summed E-state index contributed by atoms with van der Waals surface area (Å²) in [6, 6.07) is 0. The van der Waals surface area contributed by atoms with Gasteiger partial charge in [-0.3, -0.25) is 0 Å². The van der Waals surface area contributed by atoms with Crippen molar-refractivity contribution < 1.29 is 0 Å². The average Bonchev–Trinajstić information content (AvgIpc) is 2.05. The van der Waals surface area contributed by atoms with E-state index < -0.39 is 0 Å². The summed E-state index contributed by atoms with van der Waals surface area (Å²) in [5, 5.41) is 0. The molecule has 0 rings (SSSR count). The lowest BCUT2D eigenvalue weighted by Gasteiger charge is -2.04. The summed E-state index contributed by atoms with van der Waals surface area (Å²) in [7, 11) is 0. The second-order valence-electron chi connectivity index (χ2n) is 3.49. The predicted octanol–water partition coefficient (Wildman–Crippen LogP) is 3.11. The Hall–Kier alpha value is -0.300. The first kappa shape index (κ1) is 11.7. The molecule has 0 spiro atoms. The molecule has 0 fully saturated rings. The molecule has 2 N–H and O–H groups in total. The quantitative estimate of drug-likeness (QED) is 0.460. The molecule has 0 bridgehead atoms. The van der Waals surface area contributed by atoms with Crippen LogP contribution in [0.25, 0.3) is 0 Å². The van der Waals surface area contributed by atoms with Crippen molar-refractivity contribution in [3.8, 4) is 0 Å². The molecule has 0 aliphatic carbocycles. The molecule has 0 aromatic carbocycles. The number of rotatable bonds is 7. The van der Waals surface area contributed by atoms with Gasteiger partial charge in [0, 0.05) is 0 Å². The summed E-state index contributed by atoms with van der Waals surface area (Å²) in [5.74, 6) is 0.757. The zero-order chi connectivity index (χ0) is 9.23. The molecule has 0 aromatic rings. The SMILES string of the molecule is C/C=C/C(C)CCCCCCN. The van der Waals surface area contributed by atoms with Crippen molar-refractivity contribution in [2.45, 2.75) is 46.0 Å². The summed E-state index contributed by atoms with van der Waals surface area (Å²) >= 11 is 0. The van der Waals surface area contributed by atoms with Gasteiger partial charge in [-0.25, -0.2) is 0 Å². The summed E-state index contributed by atoms with van der Waals surface area (Å²) in [6.07, 6.45) is 10.9. The van der Waals surface area contributed by atoms with Crippen LogP contribution in [-0.4, -0.2) is 6.54 Å². The maximum absolute atomic E-state index is 5.41. The topological polar surface area (TPSA) is 26.0 Å². The first-order valence-corrected chi connectivity index (χ1v) is 5.14. The average molecular weight is 169 g/mol. The summed E-state index contributed by atoms with van der Waals surface area (Å²) in [6.45, 7) is 5.22. The highest BCUT2D eigenvalue weighted by molar-refractivity contribution is 4.82. The van der Waals surface area contributed by atoms with Crippen LogP contribution >= 0.6 is 0 Å². The van der Waals surface area contributed by atoms with Gasteiger partial charge in [-0.05, 0) is 32.2 Å². The molecule has 72 valence electrons. The maximum atomic E-state index is 5.41. The number of allylic oxidation sites excluding steroid dienone is 2. The van der Waals surface area contributed by atoms with Crippen molar-refractivity contribution in [1.82, 2.24) is 0 Å². The Morgan fingerprint density at radius 3 is 2.42 bits per heavy atom. The van der Waals surface area contributed by atoms with Gasteiger partial charge in [-0.15, -0.1) is 0 Å². The predicted molar refractivity (Wildman–Crippen MR) is 56.1 cm³/mol. The largest absolute Gasteiger partial charge is 0.330 e. The van der Waals surface area contributed by atoms with Crippen molar-refractivity contribution in [3.63, 3.8) is 0 Å². The molecule has 0 radical (unpaired) electrons. The lowest BCUT2D eigenvalue weighted by atomic mass is 10.0. The molecule has 0 amide bonds. The minimum Gasteiger partial charge on any atom is -0.330 e. The fourth-order valence-corrected chi connectivity index (χ4v) is 1.39. The van der Waals surface area contributed by atoms with Crippen LogP contribution in [0.2, 0.25) is 0 Å². The van der Waals surface area contributed by atoms with E-state index in [0.717, 1.165) is 12.5 Å². The normalized spacial score (nSPS) is 13.9. The molecule has 1 heteroatoms. The lowest BCUT2D eigenvalue weighted by molar-refractivity contribution is 0.555. The van der Waals surface area contributed by atoms with E-state index in [1.54, 1.807) is 0 Å². The highest BCUT2D eigenvalue weighted by Gasteiger charge is 1.95. The Kier molecular flexibility index (Phi) is 8.57. The highest BCUT2D eigenvalue weighted by atomic mass is 14.5. The van der Waals surface area contributed by atoms with Crippen molar-refractivity contribution in [1.29, 1.82) is 0 Å². The van der Waals surface area contributed by atoms with Crippen LogP contribution in [0.3, 0.4) is 0 Å². The zero-order valence-corrected chi connectivity index (χ0v) is 8.55. The minimum absolute atomic E-state index is 0.757. The van der Waals surface area contributed by atoms with Crippen LogP contribution in [0.4, 0.5) is 0 Å². The molecule has 0 saturated carbocycles. The monoisotopic (exact) mass is 169 g/mol. The molecule has 1 unspecified atom stereocenters. The van der Waals surface area contributed by atoms with Crippen LogP contribution in [0.1, 0.15) is 46.0 Å². The lowest BCUT2D eigenvalue weighted by Crippen LogP contribution is -1.98. The third-order valence-electron chi connectivity index (χ3n) is 2.13. The molecular formula is C11H23N. The molecule has 0 saturated heterocycles. The first-order valence-electron chi connectivity index (χ1n) is 5.14. The van der Waals surface area contributed by atoms with Crippen molar-refractivity contribution >= 4 is 0 Å². The van der Waals surface area contributed by atoms with Gasteiger partial charge in [-0.1, -0.05) is 38.3 Å². The van der Waals surface area contributed by atoms with E-state index in [9.17, 15) is 0 Å². The van der Waals surface area contributed by atoms with E-state index in [1.807, 2.05) is 0 Å². The molecule has 0 heterocycles. The van der Waals surface area contributed by atoms with Crippen LogP contribution in [0.15, 0.2) is 12.2 Å². The fourth-order valence-electron chi connectivity index (χ4n) is 1.39. The summed E-state index contributed by atoms with van der Waals surface area (Å²) in [4.78, 5) is 0. The van der Waals surface area contributed by atoms with Crippen LogP contribution < -0.4 is 5.73 Å². The molecule has 0 aliphatic rings. The van der Waals surface area contributed by atoms with Gasteiger partial charge in [0.05, 0.1) is 0 Å². The molecule has 1 atom stereocenters. The maximum Gasteiger partial charge on any atom is -0.00773 e. The van der Waals surface area contributed by atoms with Crippen LogP contribution in [0.5, 0.6) is 0 Å². The van der Waals surface area contributed by atoms with E-state index in [2.05, 4.69) is 26.0 Å².